The minimum Gasteiger partial charge on any atom is -0.338 e. The number of urea groups is 1. The van der Waals surface area contributed by atoms with Gasteiger partial charge >= 0.3 is 6.03 Å². The molecule has 0 saturated carbocycles. The maximum absolute atomic E-state index is 11.8. The molecule has 7 heteroatoms. The lowest BCUT2D eigenvalue weighted by Crippen LogP contribution is -2.46. The van der Waals surface area contributed by atoms with Gasteiger partial charge in [-0.15, -0.1) is 0 Å². The summed E-state index contributed by atoms with van der Waals surface area (Å²) in [7, 11) is 0. The molecule has 0 spiro atoms. The molecule has 2 heterocycles. The number of aryl methyl sites for hydroxylation is 1. The predicted molar refractivity (Wildman–Crippen MR) is 79.7 cm³/mol. The first-order valence-electron chi connectivity index (χ1n) is 6.45. The van der Waals surface area contributed by atoms with Gasteiger partial charge in [0.1, 0.15) is 5.82 Å². The average Bonchev–Trinajstić information content (AvgIpc) is 2.85. The van der Waals surface area contributed by atoms with Gasteiger partial charge in [0.15, 0.2) is 0 Å². The molecule has 1 saturated heterocycles. The van der Waals surface area contributed by atoms with Crippen LogP contribution in [0.15, 0.2) is 24.3 Å². The van der Waals surface area contributed by atoms with Gasteiger partial charge in [-0.2, -0.15) is 4.37 Å². The Bertz CT molecular complexity index is 627. The minimum absolute atomic E-state index is 0.0415. The lowest BCUT2D eigenvalue weighted by Gasteiger charge is -2.27. The molecule has 1 aromatic heterocycles. The number of rotatable bonds is 3. The van der Waals surface area contributed by atoms with Gasteiger partial charge in [-0.05, 0) is 31.5 Å². The largest absolute Gasteiger partial charge is 0.338 e. The Morgan fingerprint density at radius 2 is 2.35 bits per heavy atom. The highest BCUT2D eigenvalue weighted by Crippen LogP contribution is 2.24. The van der Waals surface area contributed by atoms with Crippen LogP contribution in [0.25, 0.3) is 0 Å². The SMILES string of the molecule is Cc1nsc(Nc2cccc(N3CCCNC3=O)c2)n1. The fourth-order valence-electron chi connectivity index (χ4n) is 2.10. The summed E-state index contributed by atoms with van der Waals surface area (Å²) in [6.45, 7) is 3.35. The van der Waals surface area contributed by atoms with Crippen molar-refractivity contribution >= 4 is 34.1 Å². The van der Waals surface area contributed by atoms with Gasteiger partial charge < -0.3 is 10.6 Å². The molecular weight excluding hydrogens is 274 g/mol. The summed E-state index contributed by atoms with van der Waals surface area (Å²) in [4.78, 5) is 17.9. The fraction of sp³-hybridized carbons (Fsp3) is 0.308. The van der Waals surface area contributed by atoms with E-state index in [0.29, 0.717) is 0 Å². The Balaban J connectivity index is 1.80. The van der Waals surface area contributed by atoms with Crippen LogP contribution in [0.4, 0.5) is 21.3 Å². The first-order valence-corrected chi connectivity index (χ1v) is 7.22. The summed E-state index contributed by atoms with van der Waals surface area (Å²) in [5, 5.41) is 6.81. The first kappa shape index (κ1) is 12.9. The standard InChI is InChI=1S/C13H15N5OS/c1-9-15-12(20-17-9)16-10-4-2-5-11(8-10)18-7-3-6-14-13(18)19/h2,4-5,8H,3,6-7H2,1H3,(H,14,19)(H,15,16,17). The van der Waals surface area contributed by atoms with Crippen molar-refractivity contribution in [1.29, 1.82) is 0 Å². The topological polar surface area (TPSA) is 70.2 Å². The van der Waals surface area contributed by atoms with Gasteiger partial charge in [-0.25, -0.2) is 9.78 Å². The van der Waals surface area contributed by atoms with Crippen LogP contribution in [0, 0.1) is 6.92 Å². The number of amides is 2. The van der Waals surface area contributed by atoms with E-state index in [1.54, 1.807) is 4.90 Å². The second-order valence-corrected chi connectivity index (χ2v) is 5.31. The molecule has 1 aliphatic rings. The van der Waals surface area contributed by atoms with Crippen molar-refractivity contribution < 1.29 is 4.79 Å². The highest BCUT2D eigenvalue weighted by atomic mass is 32.1. The van der Waals surface area contributed by atoms with E-state index >= 15 is 0 Å². The summed E-state index contributed by atoms with van der Waals surface area (Å²) in [6.07, 6.45) is 0.957. The van der Waals surface area contributed by atoms with Crippen LogP contribution >= 0.6 is 11.5 Å². The van der Waals surface area contributed by atoms with Gasteiger partial charge in [0, 0.05) is 36.0 Å². The van der Waals surface area contributed by atoms with Crippen molar-refractivity contribution in [1.82, 2.24) is 14.7 Å². The molecule has 3 rings (SSSR count). The summed E-state index contributed by atoms with van der Waals surface area (Å²) < 4.78 is 4.13. The Labute approximate surface area is 121 Å². The molecule has 0 unspecified atom stereocenters. The van der Waals surface area contributed by atoms with Crippen LogP contribution < -0.4 is 15.5 Å². The molecule has 1 aliphatic heterocycles. The molecule has 0 atom stereocenters. The molecule has 2 aromatic rings. The van der Waals surface area contributed by atoms with E-state index in [0.717, 1.165) is 41.8 Å². The lowest BCUT2D eigenvalue weighted by atomic mass is 10.2. The smallest absolute Gasteiger partial charge is 0.321 e. The second-order valence-electron chi connectivity index (χ2n) is 4.56. The zero-order valence-electron chi connectivity index (χ0n) is 11.1. The Morgan fingerprint density at radius 1 is 1.45 bits per heavy atom. The number of nitrogens with one attached hydrogen (secondary N) is 2. The molecule has 0 radical (unpaired) electrons. The molecular formula is C13H15N5OS. The van der Waals surface area contributed by atoms with Crippen LogP contribution in [0.2, 0.25) is 0 Å². The Kier molecular flexibility index (Phi) is 3.51. The maximum Gasteiger partial charge on any atom is 0.321 e. The van der Waals surface area contributed by atoms with Crippen molar-refractivity contribution in [2.45, 2.75) is 13.3 Å². The van der Waals surface area contributed by atoms with E-state index in [4.69, 9.17) is 0 Å². The molecule has 2 N–H and O–H groups in total. The van der Waals surface area contributed by atoms with Gasteiger partial charge in [-0.3, -0.25) is 4.90 Å². The third-order valence-corrected chi connectivity index (χ3v) is 3.74. The number of anilines is 3. The Hall–Kier alpha value is -2.15. The van der Waals surface area contributed by atoms with Gasteiger partial charge in [-0.1, -0.05) is 6.07 Å². The van der Waals surface area contributed by atoms with Crippen molar-refractivity contribution in [3.8, 4) is 0 Å². The number of aromatic nitrogens is 2. The second kappa shape index (κ2) is 5.46. The number of carbonyl (C=O) groups excluding carboxylic acids is 1. The van der Waals surface area contributed by atoms with Crippen LogP contribution in [-0.4, -0.2) is 28.5 Å². The van der Waals surface area contributed by atoms with E-state index in [-0.39, 0.29) is 6.03 Å². The van der Waals surface area contributed by atoms with Crippen molar-refractivity contribution in [2.75, 3.05) is 23.3 Å². The highest BCUT2D eigenvalue weighted by molar-refractivity contribution is 7.09. The number of nitrogens with zero attached hydrogens (tertiary/aromatic N) is 3. The van der Waals surface area contributed by atoms with E-state index in [9.17, 15) is 4.79 Å². The fourth-order valence-corrected chi connectivity index (χ4v) is 2.69. The van der Waals surface area contributed by atoms with Gasteiger partial charge in [0.2, 0.25) is 5.13 Å². The third kappa shape index (κ3) is 2.72. The van der Waals surface area contributed by atoms with Crippen LogP contribution in [-0.2, 0) is 0 Å². The zero-order chi connectivity index (χ0) is 13.9. The Morgan fingerprint density at radius 3 is 3.10 bits per heavy atom. The molecule has 0 aliphatic carbocycles. The summed E-state index contributed by atoms with van der Waals surface area (Å²) in [5.41, 5.74) is 1.78. The molecule has 1 fully saturated rings. The average molecular weight is 289 g/mol. The van der Waals surface area contributed by atoms with Crippen LogP contribution in [0.3, 0.4) is 0 Å². The van der Waals surface area contributed by atoms with E-state index in [1.165, 1.54) is 11.5 Å². The maximum atomic E-state index is 11.8. The predicted octanol–water partition coefficient (Wildman–Crippen LogP) is 2.51. The van der Waals surface area contributed by atoms with E-state index in [2.05, 4.69) is 20.0 Å². The first-order chi connectivity index (χ1) is 9.72. The van der Waals surface area contributed by atoms with Gasteiger partial charge in [0.05, 0.1) is 0 Å². The minimum atomic E-state index is -0.0415. The van der Waals surface area contributed by atoms with Crippen LogP contribution in [0.1, 0.15) is 12.2 Å². The quantitative estimate of drug-likeness (QED) is 0.911. The summed E-state index contributed by atoms with van der Waals surface area (Å²) >= 11 is 1.32. The van der Waals surface area contributed by atoms with E-state index in [1.807, 2.05) is 31.2 Å². The third-order valence-electron chi connectivity index (χ3n) is 3.02. The molecule has 1 aromatic carbocycles. The molecule has 104 valence electrons. The normalized spacial score (nSPS) is 15.1. The van der Waals surface area contributed by atoms with Crippen LogP contribution in [0.5, 0.6) is 0 Å². The summed E-state index contributed by atoms with van der Waals surface area (Å²) in [6, 6.07) is 7.71. The molecule has 6 nitrogen and oxygen atoms in total. The summed E-state index contributed by atoms with van der Waals surface area (Å²) in [5.74, 6) is 0.754. The number of benzene rings is 1. The zero-order valence-corrected chi connectivity index (χ0v) is 11.9. The number of hydrogen-bond donors (Lipinski definition) is 2. The van der Waals surface area contributed by atoms with Crippen molar-refractivity contribution in [2.24, 2.45) is 0 Å². The molecule has 2 amide bonds. The highest BCUT2D eigenvalue weighted by Gasteiger charge is 2.19. The lowest BCUT2D eigenvalue weighted by molar-refractivity contribution is 0.243. The van der Waals surface area contributed by atoms with Crippen molar-refractivity contribution in [3.05, 3.63) is 30.1 Å². The number of carbonyl (C=O) groups is 1. The number of hydrogen-bond acceptors (Lipinski definition) is 5. The molecule has 20 heavy (non-hydrogen) atoms. The van der Waals surface area contributed by atoms with Crippen molar-refractivity contribution in [3.63, 3.8) is 0 Å². The van der Waals surface area contributed by atoms with Gasteiger partial charge in [0.25, 0.3) is 0 Å². The monoisotopic (exact) mass is 289 g/mol. The molecule has 0 bridgehead atoms. The van der Waals surface area contributed by atoms with E-state index < -0.39 is 0 Å².